The quantitative estimate of drug-likeness (QED) is 0.456. The van der Waals surface area contributed by atoms with Crippen molar-refractivity contribution < 1.29 is 18.3 Å². The van der Waals surface area contributed by atoms with Crippen LogP contribution in [0.3, 0.4) is 0 Å². The molecule has 0 spiro atoms. The summed E-state index contributed by atoms with van der Waals surface area (Å²) >= 11 is 0. The van der Waals surface area contributed by atoms with Crippen molar-refractivity contribution in [1.82, 2.24) is 14.7 Å². The summed E-state index contributed by atoms with van der Waals surface area (Å²) in [7, 11) is 0. The van der Waals surface area contributed by atoms with Crippen molar-refractivity contribution in [2.24, 2.45) is 5.92 Å². The number of nitrogens with zero attached hydrogens (tertiary/aromatic N) is 3. The van der Waals surface area contributed by atoms with Crippen LogP contribution in [-0.2, 0) is 17.8 Å². The second kappa shape index (κ2) is 9.10. The first kappa shape index (κ1) is 22.0. The molecule has 3 aromatic rings. The number of rotatable bonds is 8. The summed E-state index contributed by atoms with van der Waals surface area (Å²) in [4.78, 5) is 14.8. The molecule has 4 rings (SSSR count). The van der Waals surface area contributed by atoms with E-state index in [1.807, 2.05) is 56.0 Å². The van der Waals surface area contributed by atoms with Gasteiger partial charge in [-0.3, -0.25) is 4.79 Å². The summed E-state index contributed by atoms with van der Waals surface area (Å²) in [6, 6.07) is 12.8. The van der Waals surface area contributed by atoms with Gasteiger partial charge in [-0.25, -0.2) is 13.5 Å². The van der Waals surface area contributed by atoms with Gasteiger partial charge in [0.25, 0.3) is 0 Å². The van der Waals surface area contributed by atoms with Crippen molar-refractivity contribution in [3.63, 3.8) is 0 Å². The van der Waals surface area contributed by atoms with Gasteiger partial charge in [0.05, 0.1) is 23.5 Å². The van der Waals surface area contributed by atoms with Crippen LogP contribution in [0.2, 0.25) is 0 Å². The van der Waals surface area contributed by atoms with Crippen LogP contribution in [0.1, 0.15) is 44.9 Å². The molecule has 5 nitrogen and oxygen atoms in total. The first-order chi connectivity index (χ1) is 15.4. The summed E-state index contributed by atoms with van der Waals surface area (Å²) in [6.07, 6.45) is 2.55. The third-order valence-electron chi connectivity index (χ3n) is 5.55. The van der Waals surface area contributed by atoms with Crippen LogP contribution >= 0.6 is 0 Å². The lowest BCUT2D eigenvalue weighted by Gasteiger charge is -2.25. The number of para-hydroxylation sites is 1. The number of carbonyl (C=O) groups excluding carboxylic acids is 1. The van der Waals surface area contributed by atoms with Gasteiger partial charge >= 0.3 is 0 Å². The highest BCUT2D eigenvalue weighted by Crippen LogP contribution is 2.36. The maximum Gasteiger partial charge on any atom is 0.228 e. The number of hydrogen-bond donors (Lipinski definition) is 0. The molecule has 168 valence electrons. The fraction of sp³-hybridized carbons (Fsp3) is 0.360. The molecule has 1 aliphatic carbocycles. The topological polar surface area (TPSA) is 47.4 Å². The van der Waals surface area contributed by atoms with E-state index >= 15 is 0 Å². The molecule has 0 radical (unpaired) electrons. The predicted octanol–water partition coefficient (Wildman–Crippen LogP) is 5.65. The van der Waals surface area contributed by atoms with Gasteiger partial charge in [-0.15, -0.1) is 0 Å². The zero-order valence-corrected chi connectivity index (χ0v) is 18.5. The smallest absolute Gasteiger partial charge is 0.228 e. The minimum absolute atomic E-state index is 0.0703. The van der Waals surface area contributed by atoms with Crippen LogP contribution in [0.5, 0.6) is 11.6 Å². The predicted molar refractivity (Wildman–Crippen MR) is 118 cm³/mol. The molecule has 0 atom stereocenters. The van der Waals surface area contributed by atoms with E-state index < -0.39 is 11.6 Å². The number of carbonyl (C=O) groups is 1. The molecule has 7 heteroatoms. The van der Waals surface area contributed by atoms with E-state index in [0.29, 0.717) is 18.8 Å². The lowest BCUT2D eigenvalue weighted by molar-refractivity contribution is -0.135. The van der Waals surface area contributed by atoms with Crippen molar-refractivity contribution >= 4 is 5.91 Å². The third kappa shape index (κ3) is 4.52. The molecular weight excluding hydrogens is 412 g/mol. The summed E-state index contributed by atoms with van der Waals surface area (Å²) in [5, 5.41) is 4.74. The normalized spacial score (nSPS) is 13.4. The standard InChI is InChI=1S/C25H27F2N3O2/c1-4-22-20(15-29(18-11-12-18)24(31)16(2)3)25(30(28-22)19-8-6-5-7-9-19)32-23-13-10-17(26)14-21(23)27/h5-10,13-14,16,18H,4,11-12,15H2,1-3H3. The Morgan fingerprint density at radius 2 is 1.91 bits per heavy atom. The Bertz CT molecular complexity index is 1110. The van der Waals surface area contributed by atoms with Crippen molar-refractivity contribution in [3.8, 4) is 17.3 Å². The minimum Gasteiger partial charge on any atom is -0.435 e. The molecule has 1 aliphatic rings. The van der Waals surface area contributed by atoms with Gasteiger partial charge in [-0.1, -0.05) is 39.0 Å². The van der Waals surface area contributed by atoms with Crippen LogP contribution in [0.15, 0.2) is 48.5 Å². The molecule has 1 saturated carbocycles. The molecular formula is C25H27F2N3O2. The second-order valence-electron chi connectivity index (χ2n) is 8.36. The molecule has 2 aromatic carbocycles. The molecule has 1 heterocycles. The Morgan fingerprint density at radius 1 is 1.19 bits per heavy atom. The summed E-state index contributed by atoms with van der Waals surface area (Å²) in [5.41, 5.74) is 2.26. The average molecular weight is 440 g/mol. The monoisotopic (exact) mass is 439 g/mol. The molecule has 1 amide bonds. The van der Waals surface area contributed by atoms with Gasteiger partial charge in [0.15, 0.2) is 11.6 Å². The zero-order valence-electron chi connectivity index (χ0n) is 18.5. The van der Waals surface area contributed by atoms with Crippen molar-refractivity contribution in [2.45, 2.75) is 52.6 Å². The number of ether oxygens (including phenoxy) is 1. The number of benzene rings is 2. The van der Waals surface area contributed by atoms with Crippen molar-refractivity contribution in [1.29, 1.82) is 0 Å². The van der Waals surface area contributed by atoms with E-state index in [4.69, 9.17) is 9.84 Å². The second-order valence-corrected chi connectivity index (χ2v) is 8.36. The van der Waals surface area contributed by atoms with Crippen molar-refractivity contribution in [3.05, 3.63) is 71.4 Å². The largest absolute Gasteiger partial charge is 0.435 e. The van der Waals surface area contributed by atoms with Crippen LogP contribution < -0.4 is 4.74 Å². The minimum atomic E-state index is -0.799. The maximum atomic E-state index is 14.5. The van der Waals surface area contributed by atoms with Gasteiger partial charge in [-0.05, 0) is 43.5 Å². The molecule has 0 bridgehead atoms. The number of aryl methyl sites for hydroxylation is 1. The third-order valence-corrected chi connectivity index (χ3v) is 5.55. The van der Waals surface area contributed by atoms with Crippen LogP contribution in [0, 0.1) is 17.6 Å². The van der Waals surface area contributed by atoms with E-state index in [-0.39, 0.29) is 23.6 Å². The fourth-order valence-corrected chi connectivity index (χ4v) is 3.71. The highest BCUT2D eigenvalue weighted by atomic mass is 19.1. The lowest BCUT2D eigenvalue weighted by atomic mass is 10.1. The van der Waals surface area contributed by atoms with Gasteiger partial charge in [0.2, 0.25) is 11.8 Å². The van der Waals surface area contributed by atoms with E-state index in [1.165, 1.54) is 6.07 Å². The number of halogens is 2. The molecule has 1 fully saturated rings. The van der Waals surface area contributed by atoms with Crippen LogP contribution in [0.4, 0.5) is 8.78 Å². The average Bonchev–Trinajstić information content (AvgIpc) is 3.56. The van der Waals surface area contributed by atoms with E-state index in [0.717, 1.165) is 41.9 Å². The fourth-order valence-electron chi connectivity index (χ4n) is 3.71. The SMILES string of the molecule is CCc1nn(-c2ccccc2)c(Oc2ccc(F)cc2F)c1CN(C(=O)C(C)C)C1CC1. The summed E-state index contributed by atoms with van der Waals surface area (Å²) in [5.74, 6) is -1.30. The van der Waals surface area contributed by atoms with Crippen molar-refractivity contribution in [2.75, 3.05) is 0 Å². The maximum absolute atomic E-state index is 14.5. The van der Waals surface area contributed by atoms with Gasteiger partial charge < -0.3 is 9.64 Å². The Hall–Kier alpha value is -3.22. The number of amides is 1. The Labute approximate surface area is 186 Å². The Kier molecular flexibility index (Phi) is 6.26. The van der Waals surface area contributed by atoms with E-state index in [2.05, 4.69) is 0 Å². The summed E-state index contributed by atoms with van der Waals surface area (Å²) in [6.45, 7) is 6.08. The Morgan fingerprint density at radius 3 is 2.50 bits per heavy atom. The summed E-state index contributed by atoms with van der Waals surface area (Å²) < 4.78 is 35.6. The first-order valence-corrected chi connectivity index (χ1v) is 11.0. The first-order valence-electron chi connectivity index (χ1n) is 11.0. The number of hydrogen-bond acceptors (Lipinski definition) is 3. The van der Waals surface area contributed by atoms with Crippen LogP contribution in [0.25, 0.3) is 5.69 Å². The highest BCUT2D eigenvalue weighted by Gasteiger charge is 2.35. The zero-order chi connectivity index (χ0) is 22.8. The van der Waals surface area contributed by atoms with Crippen LogP contribution in [-0.4, -0.2) is 26.6 Å². The van der Waals surface area contributed by atoms with Gasteiger partial charge in [0.1, 0.15) is 5.82 Å². The number of aromatic nitrogens is 2. The Balaban J connectivity index is 1.82. The van der Waals surface area contributed by atoms with Gasteiger partial charge in [-0.2, -0.15) is 5.10 Å². The molecule has 0 unspecified atom stereocenters. The molecule has 1 aromatic heterocycles. The van der Waals surface area contributed by atoms with E-state index in [9.17, 15) is 13.6 Å². The highest BCUT2D eigenvalue weighted by molar-refractivity contribution is 5.79. The lowest BCUT2D eigenvalue weighted by Crippen LogP contribution is -2.35. The molecule has 0 N–H and O–H groups in total. The molecule has 32 heavy (non-hydrogen) atoms. The molecule has 0 saturated heterocycles. The molecule has 0 aliphatic heterocycles. The van der Waals surface area contributed by atoms with Gasteiger partial charge in [0, 0.05) is 18.0 Å². The van der Waals surface area contributed by atoms with E-state index in [1.54, 1.807) is 4.68 Å².